The highest BCUT2D eigenvalue weighted by molar-refractivity contribution is 5.77. The molecule has 1 aromatic rings. The van der Waals surface area contributed by atoms with Gasteiger partial charge in [-0.2, -0.15) is 0 Å². The fourth-order valence-corrected chi connectivity index (χ4v) is 1.61. The second kappa shape index (κ2) is 4.61. The lowest BCUT2D eigenvalue weighted by Crippen LogP contribution is -2.23. The highest BCUT2D eigenvalue weighted by Crippen LogP contribution is 2.30. The molecular weight excluding hydrogens is 208 g/mol. The van der Waals surface area contributed by atoms with Crippen molar-refractivity contribution in [1.82, 2.24) is 15.0 Å². The van der Waals surface area contributed by atoms with Gasteiger partial charge in [-0.15, -0.1) is 5.10 Å². The van der Waals surface area contributed by atoms with Crippen molar-refractivity contribution in [1.29, 1.82) is 0 Å². The molecule has 0 spiro atoms. The Morgan fingerprint density at radius 1 is 1.75 bits per heavy atom. The molecule has 0 aliphatic heterocycles. The molecule has 1 saturated carbocycles. The number of esters is 1. The van der Waals surface area contributed by atoms with Crippen LogP contribution in [0, 0.1) is 5.92 Å². The summed E-state index contributed by atoms with van der Waals surface area (Å²) in [7, 11) is 1.35. The normalized spacial score (nSPS) is 17.1. The minimum Gasteiger partial charge on any atom is -0.468 e. The Morgan fingerprint density at radius 2 is 2.50 bits per heavy atom. The van der Waals surface area contributed by atoms with Crippen molar-refractivity contribution in [3.63, 3.8) is 0 Å². The number of aromatic nitrogens is 3. The van der Waals surface area contributed by atoms with Crippen LogP contribution in [0.3, 0.4) is 0 Å². The molecule has 0 saturated heterocycles. The highest BCUT2D eigenvalue weighted by atomic mass is 16.5. The van der Waals surface area contributed by atoms with Crippen molar-refractivity contribution in [3.8, 4) is 0 Å². The quantitative estimate of drug-likeness (QED) is 0.706. The number of carbonyl (C=O) groups excluding carboxylic acids is 1. The van der Waals surface area contributed by atoms with Crippen molar-refractivity contribution in [2.24, 2.45) is 11.7 Å². The molecule has 6 heteroatoms. The lowest BCUT2D eigenvalue weighted by molar-refractivity contribution is -0.142. The van der Waals surface area contributed by atoms with Gasteiger partial charge in [0.1, 0.15) is 5.92 Å². The zero-order valence-corrected chi connectivity index (χ0v) is 9.30. The summed E-state index contributed by atoms with van der Waals surface area (Å²) >= 11 is 0. The molecule has 1 aliphatic rings. The first-order valence-corrected chi connectivity index (χ1v) is 5.42. The van der Waals surface area contributed by atoms with E-state index >= 15 is 0 Å². The van der Waals surface area contributed by atoms with E-state index < -0.39 is 5.92 Å². The third-order valence-electron chi connectivity index (χ3n) is 2.78. The van der Waals surface area contributed by atoms with Gasteiger partial charge in [0, 0.05) is 19.3 Å². The Balaban J connectivity index is 2.05. The maximum atomic E-state index is 11.4. The molecule has 0 bridgehead atoms. The SMILES string of the molecule is COC(=O)C(CN)c1cn(CC2CC2)nn1. The Hall–Kier alpha value is -1.43. The number of hydrogen-bond acceptors (Lipinski definition) is 5. The van der Waals surface area contributed by atoms with Gasteiger partial charge in [-0.05, 0) is 18.8 Å². The number of carbonyl (C=O) groups is 1. The molecular formula is C10H16N4O2. The van der Waals surface area contributed by atoms with Crippen molar-refractivity contribution in [3.05, 3.63) is 11.9 Å². The molecule has 1 aliphatic carbocycles. The van der Waals surface area contributed by atoms with E-state index in [4.69, 9.17) is 5.73 Å². The van der Waals surface area contributed by atoms with Crippen molar-refractivity contribution in [2.75, 3.05) is 13.7 Å². The summed E-state index contributed by atoms with van der Waals surface area (Å²) in [6.45, 7) is 1.07. The number of methoxy groups -OCH3 is 1. The summed E-state index contributed by atoms with van der Waals surface area (Å²) in [6.07, 6.45) is 4.30. The number of nitrogens with two attached hydrogens (primary N) is 1. The van der Waals surface area contributed by atoms with E-state index in [1.807, 2.05) is 0 Å². The smallest absolute Gasteiger partial charge is 0.316 e. The van der Waals surface area contributed by atoms with E-state index in [-0.39, 0.29) is 12.5 Å². The zero-order valence-electron chi connectivity index (χ0n) is 9.30. The molecule has 6 nitrogen and oxygen atoms in total. The van der Waals surface area contributed by atoms with E-state index in [1.165, 1.54) is 20.0 Å². The lowest BCUT2D eigenvalue weighted by Gasteiger charge is -2.07. The minimum atomic E-state index is -0.502. The predicted octanol–water partition coefficient (Wildman–Crippen LogP) is -0.0966. The number of rotatable bonds is 5. The topological polar surface area (TPSA) is 83.0 Å². The summed E-state index contributed by atoms with van der Waals surface area (Å²) < 4.78 is 6.44. The number of ether oxygens (including phenoxy) is 1. The van der Waals surface area contributed by atoms with Crippen molar-refractivity contribution in [2.45, 2.75) is 25.3 Å². The van der Waals surface area contributed by atoms with Crippen LogP contribution in [-0.2, 0) is 16.1 Å². The largest absolute Gasteiger partial charge is 0.468 e. The van der Waals surface area contributed by atoms with E-state index in [2.05, 4.69) is 15.0 Å². The Morgan fingerprint density at radius 3 is 3.06 bits per heavy atom. The second-order valence-electron chi connectivity index (χ2n) is 4.12. The molecule has 1 atom stereocenters. The summed E-state index contributed by atoms with van der Waals surface area (Å²) in [6, 6.07) is 0. The first-order chi connectivity index (χ1) is 7.74. The first-order valence-electron chi connectivity index (χ1n) is 5.42. The zero-order chi connectivity index (χ0) is 11.5. The molecule has 88 valence electrons. The van der Waals surface area contributed by atoms with E-state index in [1.54, 1.807) is 10.9 Å². The van der Waals surface area contributed by atoms with Gasteiger partial charge in [-0.25, -0.2) is 0 Å². The van der Waals surface area contributed by atoms with Gasteiger partial charge < -0.3 is 10.5 Å². The average Bonchev–Trinajstić information content (AvgIpc) is 2.98. The predicted molar refractivity (Wildman–Crippen MR) is 56.6 cm³/mol. The molecule has 1 fully saturated rings. The number of nitrogens with zero attached hydrogens (tertiary/aromatic N) is 3. The fraction of sp³-hybridized carbons (Fsp3) is 0.700. The van der Waals surface area contributed by atoms with Crippen LogP contribution in [0.1, 0.15) is 24.5 Å². The fourth-order valence-electron chi connectivity index (χ4n) is 1.61. The maximum Gasteiger partial charge on any atom is 0.316 e. The van der Waals surface area contributed by atoms with E-state index in [0.29, 0.717) is 5.69 Å². The minimum absolute atomic E-state index is 0.189. The summed E-state index contributed by atoms with van der Waals surface area (Å²) in [5.41, 5.74) is 6.12. The third kappa shape index (κ3) is 2.38. The number of hydrogen-bond donors (Lipinski definition) is 1. The Bertz CT molecular complexity index is 373. The van der Waals surface area contributed by atoms with Crippen LogP contribution in [0.5, 0.6) is 0 Å². The lowest BCUT2D eigenvalue weighted by atomic mass is 10.1. The Kier molecular flexibility index (Phi) is 3.19. The van der Waals surface area contributed by atoms with Crippen molar-refractivity contribution >= 4 is 5.97 Å². The van der Waals surface area contributed by atoms with Gasteiger partial charge in [0.05, 0.1) is 12.8 Å². The highest BCUT2D eigenvalue weighted by Gasteiger charge is 2.25. The summed E-state index contributed by atoms with van der Waals surface area (Å²) in [5, 5.41) is 7.95. The molecule has 1 unspecified atom stereocenters. The van der Waals surface area contributed by atoms with Crippen LogP contribution in [0.15, 0.2) is 6.20 Å². The van der Waals surface area contributed by atoms with Crippen LogP contribution in [0.25, 0.3) is 0 Å². The van der Waals surface area contributed by atoms with Gasteiger partial charge in [0.15, 0.2) is 0 Å². The maximum absolute atomic E-state index is 11.4. The van der Waals surface area contributed by atoms with Gasteiger partial charge in [-0.1, -0.05) is 5.21 Å². The Labute approximate surface area is 93.8 Å². The molecule has 0 radical (unpaired) electrons. The van der Waals surface area contributed by atoms with Crippen molar-refractivity contribution < 1.29 is 9.53 Å². The van der Waals surface area contributed by atoms with Gasteiger partial charge >= 0.3 is 5.97 Å². The molecule has 1 heterocycles. The molecule has 2 rings (SSSR count). The van der Waals surface area contributed by atoms with Crippen LogP contribution in [0.4, 0.5) is 0 Å². The molecule has 0 amide bonds. The van der Waals surface area contributed by atoms with E-state index in [9.17, 15) is 4.79 Å². The van der Waals surface area contributed by atoms with Crippen LogP contribution < -0.4 is 5.73 Å². The first kappa shape index (κ1) is 11.1. The molecule has 0 aromatic carbocycles. The molecule has 16 heavy (non-hydrogen) atoms. The third-order valence-corrected chi connectivity index (χ3v) is 2.78. The van der Waals surface area contributed by atoms with Crippen LogP contribution in [0.2, 0.25) is 0 Å². The van der Waals surface area contributed by atoms with E-state index in [0.717, 1.165) is 12.5 Å². The summed E-state index contributed by atoms with van der Waals surface area (Å²) in [5.74, 6) is -0.136. The van der Waals surface area contributed by atoms with Crippen LogP contribution in [-0.4, -0.2) is 34.6 Å². The van der Waals surface area contributed by atoms with Gasteiger partial charge in [0.25, 0.3) is 0 Å². The average molecular weight is 224 g/mol. The molecule has 2 N–H and O–H groups in total. The summed E-state index contributed by atoms with van der Waals surface area (Å²) in [4.78, 5) is 11.4. The standard InChI is InChI=1S/C10H16N4O2/c1-16-10(15)8(4-11)9-6-14(13-12-9)5-7-2-3-7/h6-8H,2-5,11H2,1H3. The second-order valence-corrected chi connectivity index (χ2v) is 4.12. The monoisotopic (exact) mass is 224 g/mol. The van der Waals surface area contributed by atoms with Gasteiger partial charge in [-0.3, -0.25) is 9.48 Å². The molecule has 1 aromatic heterocycles. The van der Waals surface area contributed by atoms with Gasteiger partial charge in [0.2, 0.25) is 0 Å². The van der Waals surface area contributed by atoms with Crippen LogP contribution >= 0.6 is 0 Å².